The Hall–Kier alpha value is -2.08. The minimum absolute atomic E-state index is 0.130. The van der Waals surface area contributed by atoms with E-state index >= 15 is 0 Å². The number of anilines is 1. The molecule has 0 saturated carbocycles. The highest BCUT2D eigenvalue weighted by molar-refractivity contribution is 7.09. The van der Waals surface area contributed by atoms with Gasteiger partial charge in [0.25, 0.3) is 0 Å². The van der Waals surface area contributed by atoms with E-state index in [0.29, 0.717) is 5.69 Å². The zero-order valence-electron chi connectivity index (χ0n) is 12.8. The largest absolute Gasteiger partial charge is 0.485 e. The fraction of sp³-hybridized carbons (Fsp3) is 0.375. The highest BCUT2D eigenvalue weighted by Gasteiger charge is 2.32. The van der Waals surface area contributed by atoms with Gasteiger partial charge in [0.15, 0.2) is 0 Å². The summed E-state index contributed by atoms with van der Waals surface area (Å²) < 4.78 is 5.95. The van der Waals surface area contributed by atoms with Crippen molar-refractivity contribution in [2.75, 3.05) is 5.32 Å². The number of para-hydroxylation sites is 1. The predicted octanol–water partition coefficient (Wildman–Crippen LogP) is 3.74. The minimum atomic E-state index is -0.260. The zero-order valence-corrected chi connectivity index (χ0v) is 13.7. The van der Waals surface area contributed by atoms with Crippen LogP contribution in [0.15, 0.2) is 29.8 Å². The summed E-state index contributed by atoms with van der Waals surface area (Å²) in [6, 6.07) is 5.43. The van der Waals surface area contributed by atoms with Crippen LogP contribution in [0.5, 0.6) is 5.75 Å². The molecule has 0 spiro atoms. The first kappa shape index (κ1) is 14.8. The number of ether oxygens (including phenoxy) is 1. The summed E-state index contributed by atoms with van der Waals surface area (Å²) in [5.41, 5.74) is 1.59. The van der Waals surface area contributed by atoms with Gasteiger partial charge in [0.2, 0.25) is 0 Å². The molecular weight excluding hydrogens is 298 g/mol. The number of nitrogens with one attached hydrogen (secondary N) is 2. The molecule has 1 atom stereocenters. The Bertz CT molecular complexity index is 683. The average molecular weight is 317 g/mol. The van der Waals surface area contributed by atoms with Crippen molar-refractivity contribution in [3.63, 3.8) is 0 Å². The number of aromatic nitrogens is 1. The van der Waals surface area contributed by atoms with Gasteiger partial charge in [0.05, 0.1) is 11.7 Å². The Kier molecular flexibility index (Phi) is 3.78. The van der Waals surface area contributed by atoms with Gasteiger partial charge in [-0.25, -0.2) is 9.78 Å². The summed E-state index contributed by atoms with van der Waals surface area (Å²) in [5, 5.41) is 8.53. The van der Waals surface area contributed by atoms with Gasteiger partial charge in [-0.05, 0) is 26.8 Å². The monoisotopic (exact) mass is 317 g/mol. The number of amides is 2. The zero-order chi connectivity index (χ0) is 15.7. The molecule has 2 amide bonds. The Balaban J connectivity index is 1.70. The summed E-state index contributed by atoms with van der Waals surface area (Å²) in [7, 11) is 0. The number of benzene rings is 1. The van der Waals surface area contributed by atoms with Crippen LogP contribution < -0.4 is 15.4 Å². The topological polar surface area (TPSA) is 63.2 Å². The Morgan fingerprint density at radius 1 is 1.45 bits per heavy atom. The third-order valence-corrected chi connectivity index (χ3v) is 4.47. The number of hydrogen-bond donors (Lipinski definition) is 2. The van der Waals surface area contributed by atoms with Crippen LogP contribution in [0, 0.1) is 0 Å². The lowest BCUT2D eigenvalue weighted by molar-refractivity contribution is 0.139. The summed E-state index contributed by atoms with van der Waals surface area (Å²) in [4.78, 5) is 16.4. The van der Waals surface area contributed by atoms with Gasteiger partial charge in [-0.1, -0.05) is 12.1 Å². The standard InChI is InChI=1S/C16H19N3O2S/c1-10(14-17-7-8-22-14)18-15(20)19-12-6-4-5-11-9-16(2,3)21-13(11)12/h4-8,10H,9H2,1-3H3,(H2,18,19,20)/t10-/m0/s1. The van der Waals surface area contributed by atoms with Crippen molar-refractivity contribution in [3.8, 4) is 5.75 Å². The smallest absolute Gasteiger partial charge is 0.319 e. The molecule has 2 N–H and O–H groups in total. The molecule has 1 aromatic carbocycles. The molecule has 0 unspecified atom stereocenters. The molecule has 116 valence electrons. The number of thiazole rings is 1. The SMILES string of the molecule is C[C@H](NC(=O)Nc1cccc2c1OC(C)(C)C2)c1nccs1. The van der Waals surface area contributed by atoms with Crippen LogP contribution in [0.3, 0.4) is 0 Å². The summed E-state index contributed by atoms with van der Waals surface area (Å²) in [6.07, 6.45) is 2.57. The number of carbonyl (C=O) groups excluding carboxylic acids is 1. The lowest BCUT2D eigenvalue weighted by Crippen LogP contribution is -2.31. The molecule has 1 aliphatic rings. The van der Waals surface area contributed by atoms with Crippen molar-refractivity contribution >= 4 is 23.1 Å². The minimum Gasteiger partial charge on any atom is -0.485 e. The van der Waals surface area contributed by atoms with Crippen LogP contribution in [0.25, 0.3) is 0 Å². The average Bonchev–Trinajstić information content (AvgIpc) is 3.04. The van der Waals surface area contributed by atoms with E-state index in [-0.39, 0.29) is 17.7 Å². The number of hydrogen-bond acceptors (Lipinski definition) is 4. The fourth-order valence-electron chi connectivity index (χ4n) is 2.58. The Morgan fingerprint density at radius 2 is 2.27 bits per heavy atom. The number of carbonyl (C=O) groups is 1. The van der Waals surface area contributed by atoms with Crippen molar-refractivity contribution < 1.29 is 9.53 Å². The summed E-state index contributed by atoms with van der Waals surface area (Å²) >= 11 is 1.52. The lowest BCUT2D eigenvalue weighted by atomic mass is 10.0. The van der Waals surface area contributed by atoms with Gasteiger partial charge < -0.3 is 15.4 Å². The maximum atomic E-state index is 12.2. The molecule has 22 heavy (non-hydrogen) atoms. The number of urea groups is 1. The fourth-order valence-corrected chi connectivity index (χ4v) is 3.23. The quantitative estimate of drug-likeness (QED) is 0.906. The van der Waals surface area contributed by atoms with E-state index in [2.05, 4.69) is 15.6 Å². The van der Waals surface area contributed by atoms with Crippen molar-refractivity contribution in [1.29, 1.82) is 0 Å². The van der Waals surface area contributed by atoms with Crippen LogP contribution in [0.1, 0.15) is 37.4 Å². The molecule has 6 heteroatoms. The second kappa shape index (κ2) is 5.61. The van der Waals surface area contributed by atoms with E-state index in [1.807, 2.05) is 44.4 Å². The van der Waals surface area contributed by atoms with Gasteiger partial charge in [-0.15, -0.1) is 11.3 Å². The molecular formula is C16H19N3O2S. The summed E-state index contributed by atoms with van der Waals surface area (Å²) in [6.45, 7) is 6.00. The second-order valence-corrected chi connectivity index (χ2v) is 6.95. The third-order valence-electron chi connectivity index (χ3n) is 3.51. The first-order valence-electron chi connectivity index (χ1n) is 7.22. The molecule has 1 aromatic heterocycles. The normalized spacial score (nSPS) is 16.5. The van der Waals surface area contributed by atoms with E-state index < -0.39 is 0 Å². The van der Waals surface area contributed by atoms with Crippen molar-refractivity contribution in [1.82, 2.24) is 10.3 Å². The molecule has 2 heterocycles. The summed E-state index contributed by atoms with van der Waals surface area (Å²) in [5.74, 6) is 0.768. The Morgan fingerprint density at radius 3 is 3.00 bits per heavy atom. The Labute approximate surface area is 133 Å². The second-order valence-electron chi connectivity index (χ2n) is 6.02. The molecule has 0 fully saturated rings. The van der Waals surface area contributed by atoms with Crippen LogP contribution in [-0.2, 0) is 6.42 Å². The van der Waals surface area contributed by atoms with Gasteiger partial charge in [0, 0.05) is 23.6 Å². The van der Waals surface area contributed by atoms with E-state index in [0.717, 1.165) is 22.7 Å². The van der Waals surface area contributed by atoms with Gasteiger partial charge in [-0.2, -0.15) is 0 Å². The number of rotatable bonds is 3. The molecule has 0 radical (unpaired) electrons. The van der Waals surface area contributed by atoms with Crippen LogP contribution >= 0.6 is 11.3 Å². The van der Waals surface area contributed by atoms with Crippen molar-refractivity contribution in [3.05, 3.63) is 40.3 Å². The van der Waals surface area contributed by atoms with Crippen molar-refractivity contribution in [2.24, 2.45) is 0 Å². The lowest BCUT2D eigenvalue weighted by Gasteiger charge is -2.19. The van der Waals surface area contributed by atoms with Crippen LogP contribution in [0.2, 0.25) is 0 Å². The maximum absolute atomic E-state index is 12.2. The van der Waals surface area contributed by atoms with E-state index in [4.69, 9.17) is 4.74 Å². The van der Waals surface area contributed by atoms with Gasteiger partial charge in [-0.3, -0.25) is 0 Å². The molecule has 3 rings (SSSR count). The molecule has 5 nitrogen and oxygen atoms in total. The van der Waals surface area contributed by atoms with Crippen LogP contribution in [0.4, 0.5) is 10.5 Å². The van der Waals surface area contributed by atoms with E-state index in [9.17, 15) is 4.79 Å². The third kappa shape index (κ3) is 3.06. The maximum Gasteiger partial charge on any atom is 0.319 e. The van der Waals surface area contributed by atoms with Crippen LogP contribution in [-0.4, -0.2) is 16.6 Å². The number of nitrogens with zero attached hydrogens (tertiary/aromatic N) is 1. The van der Waals surface area contributed by atoms with Gasteiger partial charge >= 0.3 is 6.03 Å². The first-order chi connectivity index (χ1) is 10.4. The highest BCUT2D eigenvalue weighted by Crippen LogP contribution is 2.40. The molecule has 0 saturated heterocycles. The predicted molar refractivity (Wildman–Crippen MR) is 87.5 cm³/mol. The first-order valence-corrected chi connectivity index (χ1v) is 8.10. The molecule has 0 bridgehead atoms. The highest BCUT2D eigenvalue weighted by atomic mass is 32.1. The molecule has 2 aromatic rings. The van der Waals surface area contributed by atoms with Gasteiger partial charge in [0.1, 0.15) is 16.4 Å². The molecule has 1 aliphatic heterocycles. The number of fused-ring (bicyclic) bond motifs is 1. The van der Waals surface area contributed by atoms with E-state index in [1.165, 1.54) is 11.3 Å². The van der Waals surface area contributed by atoms with E-state index in [1.54, 1.807) is 6.20 Å². The van der Waals surface area contributed by atoms with Crippen molar-refractivity contribution in [2.45, 2.75) is 38.8 Å². The molecule has 0 aliphatic carbocycles.